The number of aliphatic carboxylic acids is 1. The molecule has 3 N–H and O–H groups in total. The van der Waals surface area contributed by atoms with Crippen LogP contribution >= 0.6 is 0 Å². The molecule has 2 aliphatic rings. The summed E-state index contributed by atoms with van der Waals surface area (Å²) in [5.41, 5.74) is 0. The maximum absolute atomic E-state index is 11.8. The number of amides is 2. The van der Waals surface area contributed by atoms with Gasteiger partial charge in [-0.3, -0.25) is 4.79 Å². The van der Waals surface area contributed by atoms with Crippen molar-refractivity contribution in [2.45, 2.75) is 57.5 Å². The van der Waals surface area contributed by atoms with Gasteiger partial charge < -0.3 is 20.6 Å². The molecule has 0 saturated carbocycles. The summed E-state index contributed by atoms with van der Waals surface area (Å²) in [6.07, 6.45) is 5.92. The molecule has 120 valence electrons. The van der Waals surface area contributed by atoms with Crippen molar-refractivity contribution in [1.82, 2.24) is 15.5 Å². The number of hydrogen-bond acceptors (Lipinski definition) is 3. The summed E-state index contributed by atoms with van der Waals surface area (Å²) in [7, 11) is 0. The van der Waals surface area contributed by atoms with E-state index < -0.39 is 5.97 Å². The van der Waals surface area contributed by atoms with Crippen LogP contribution in [0.25, 0.3) is 0 Å². The molecule has 2 aliphatic heterocycles. The van der Waals surface area contributed by atoms with Crippen molar-refractivity contribution < 1.29 is 14.7 Å². The molecule has 0 aromatic rings. The normalized spacial score (nSPS) is 26.9. The smallest absolute Gasteiger partial charge is 0.315 e. The summed E-state index contributed by atoms with van der Waals surface area (Å²) in [6.45, 7) is 4.53. The SMILES string of the molecule is CC(CCCNC(=O)NC1CCN2CCCC2C1)C(=O)O. The molecule has 2 saturated heterocycles. The van der Waals surface area contributed by atoms with Gasteiger partial charge in [0.2, 0.25) is 0 Å². The minimum atomic E-state index is -0.775. The number of carboxylic acid groups (broad SMARTS) is 1. The molecule has 2 amide bonds. The zero-order valence-electron chi connectivity index (χ0n) is 12.8. The molecule has 2 rings (SSSR count). The molecule has 3 atom stereocenters. The van der Waals surface area contributed by atoms with Gasteiger partial charge in [-0.25, -0.2) is 4.79 Å². The number of piperidine rings is 1. The first kappa shape index (κ1) is 16.1. The lowest BCUT2D eigenvalue weighted by atomic mass is 9.98. The van der Waals surface area contributed by atoms with Crippen LogP contribution in [0.2, 0.25) is 0 Å². The molecule has 2 heterocycles. The van der Waals surface area contributed by atoms with Crippen molar-refractivity contribution >= 4 is 12.0 Å². The zero-order valence-corrected chi connectivity index (χ0v) is 12.8. The second-order valence-corrected chi connectivity index (χ2v) is 6.34. The Kier molecular flexibility index (Phi) is 5.85. The average molecular weight is 297 g/mol. The van der Waals surface area contributed by atoms with Crippen LogP contribution in [0.1, 0.15) is 45.4 Å². The van der Waals surface area contributed by atoms with Gasteiger partial charge in [-0.1, -0.05) is 6.92 Å². The van der Waals surface area contributed by atoms with Gasteiger partial charge in [0.1, 0.15) is 0 Å². The number of nitrogens with zero attached hydrogens (tertiary/aromatic N) is 1. The molecule has 0 radical (unpaired) electrons. The molecule has 0 bridgehead atoms. The van der Waals surface area contributed by atoms with Gasteiger partial charge in [-0.05, 0) is 45.1 Å². The van der Waals surface area contributed by atoms with E-state index in [9.17, 15) is 9.59 Å². The van der Waals surface area contributed by atoms with Crippen LogP contribution in [0.5, 0.6) is 0 Å². The third kappa shape index (κ3) is 4.88. The highest BCUT2D eigenvalue weighted by Crippen LogP contribution is 2.26. The third-order valence-electron chi connectivity index (χ3n) is 4.68. The number of urea groups is 1. The molecule has 6 heteroatoms. The van der Waals surface area contributed by atoms with Crippen molar-refractivity contribution in [1.29, 1.82) is 0 Å². The predicted octanol–water partition coefficient (Wildman–Crippen LogP) is 1.41. The molecule has 0 aliphatic carbocycles. The Morgan fingerprint density at radius 3 is 2.90 bits per heavy atom. The molecular weight excluding hydrogens is 270 g/mol. The number of nitrogens with one attached hydrogen (secondary N) is 2. The maximum Gasteiger partial charge on any atom is 0.315 e. The summed E-state index contributed by atoms with van der Waals surface area (Å²) in [5, 5.41) is 14.7. The number of carboxylic acids is 1. The van der Waals surface area contributed by atoms with Gasteiger partial charge in [0.25, 0.3) is 0 Å². The van der Waals surface area contributed by atoms with E-state index in [1.54, 1.807) is 6.92 Å². The largest absolute Gasteiger partial charge is 0.481 e. The van der Waals surface area contributed by atoms with Crippen LogP contribution in [-0.2, 0) is 4.79 Å². The molecule has 0 aromatic heterocycles. The Balaban J connectivity index is 1.58. The van der Waals surface area contributed by atoms with Crippen molar-refractivity contribution in [2.75, 3.05) is 19.6 Å². The van der Waals surface area contributed by atoms with E-state index in [4.69, 9.17) is 5.11 Å². The first-order valence-electron chi connectivity index (χ1n) is 8.07. The molecular formula is C15H27N3O3. The zero-order chi connectivity index (χ0) is 15.2. The van der Waals surface area contributed by atoms with E-state index in [1.807, 2.05) is 0 Å². The van der Waals surface area contributed by atoms with Crippen LogP contribution in [0.4, 0.5) is 4.79 Å². The quantitative estimate of drug-likeness (QED) is 0.648. The number of carbonyl (C=O) groups is 2. The predicted molar refractivity (Wildman–Crippen MR) is 80.2 cm³/mol. The Morgan fingerprint density at radius 2 is 2.14 bits per heavy atom. The van der Waals surface area contributed by atoms with E-state index in [0.29, 0.717) is 25.4 Å². The van der Waals surface area contributed by atoms with E-state index in [2.05, 4.69) is 15.5 Å². The van der Waals surface area contributed by atoms with E-state index in [1.165, 1.54) is 19.4 Å². The lowest BCUT2D eigenvalue weighted by molar-refractivity contribution is -0.141. The molecule has 3 unspecified atom stereocenters. The molecule has 2 fully saturated rings. The lowest BCUT2D eigenvalue weighted by Crippen LogP contribution is -2.50. The number of hydrogen-bond donors (Lipinski definition) is 3. The Morgan fingerprint density at radius 1 is 1.33 bits per heavy atom. The van der Waals surface area contributed by atoms with Gasteiger partial charge in [-0.15, -0.1) is 0 Å². The van der Waals surface area contributed by atoms with Crippen molar-refractivity contribution in [3.8, 4) is 0 Å². The molecule has 0 aromatic carbocycles. The third-order valence-corrected chi connectivity index (χ3v) is 4.68. The topological polar surface area (TPSA) is 81.7 Å². The first-order chi connectivity index (χ1) is 10.1. The average Bonchev–Trinajstić information content (AvgIpc) is 2.90. The Labute approximate surface area is 126 Å². The summed E-state index contributed by atoms with van der Waals surface area (Å²) >= 11 is 0. The highest BCUT2D eigenvalue weighted by molar-refractivity contribution is 5.74. The van der Waals surface area contributed by atoms with Gasteiger partial charge in [0, 0.05) is 25.2 Å². The number of carbonyl (C=O) groups excluding carboxylic acids is 1. The maximum atomic E-state index is 11.8. The van der Waals surface area contributed by atoms with Gasteiger partial charge >= 0.3 is 12.0 Å². The summed E-state index contributed by atoms with van der Waals surface area (Å²) in [6, 6.07) is 0.817. The molecule has 21 heavy (non-hydrogen) atoms. The van der Waals surface area contributed by atoms with E-state index in [0.717, 1.165) is 19.4 Å². The fourth-order valence-corrected chi connectivity index (χ4v) is 3.33. The van der Waals surface area contributed by atoms with Crippen molar-refractivity contribution in [3.63, 3.8) is 0 Å². The van der Waals surface area contributed by atoms with E-state index >= 15 is 0 Å². The standard InChI is InChI=1S/C15H27N3O3/c1-11(14(19)20)4-2-7-16-15(21)17-12-6-9-18-8-3-5-13(18)10-12/h11-13H,2-10H2,1H3,(H,19,20)(H2,16,17,21). The fraction of sp³-hybridized carbons (Fsp3) is 0.867. The minimum Gasteiger partial charge on any atom is -0.481 e. The Bertz CT molecular complexity index is 375. The monoisotopic (exact) mass is 297 g/mol. The number of fused-ring (bicyclic) bond motifs is 1. The fourth-order valence-electron chi connectivity index (χ4n) is 3.33. The van der Waals surface area contributed by atoms with Crippen LogP contribution in [-0.4, -0.2) is 53.7 Å². The van der Waals surface area contributed by atoms with Gasteiger partial charge in [0.05, 0.1) is 5.92 Å². The first-order valence-corrected chi connectivity index (χ1v) is 8.07. The van der Waals surface area contributed by atoms with Crippen molar-refractivity contribution in [3.05, 3.63) is 0 Å². The molecule has 6 nitrogen and oxygen atoms in total. The summed E-state index contributed by atoms with van der Waals surface area (Å²) in [4.78, 5) is 25.0. The minimum absolute atomic E-state index is 0.116. The van der Waals surface area contributed by atoms with Crippen LogP contribution < -0.4 is 10.6 Å². The van der Waals surface area contributed by atoms with Gasteiger partial charge in [0.15, 0.2) is 0 Å². The van der Waals surface area contributed by atoms with Crippen LogP contribution in [0.3, 0.4) is 0 Å². The van der Waals surface area contributed by atoms with Crippen LogP contribution in [0, 0.1) is 5.92 Å². The molecule has 0 spiro atoms. The second-order valence-electron chi connectivity index (χ2n) is 6.34. The summed E-state index contributed by atoms with van der Waals surface area (Å²) < 4.78 is 0. The highest BCUT2D eigenvalue weighted by Gasteiger charge is 2.32. The second kappa shape index (κ2) is 7.64. The van der Waals surface area contributed by atoms with Crippen LogP contribution in [0.15, 0.2) is 0 Å². The number of rotatable bonds is 6. The summed E-state index contributed by atoms with van der Waals surface area (Å²) in [5.74, 6) is -1.12. The van der Waals surface area contributed by atoms with Crippen molar-refractivity contribution in [2.24, 2.45) is 5.92 Å². The lowest BCUT2D eigenvalue weighted by Gasteiger charge is -2.35. The Hall–Kier alpha value is -1.30. The van der Waals surface area contributed by atoms with E-state index in [-0.39, 0.29) is 18.0 Å². The highest BCUT2D eigenvalue weighted by atomic mass is 16.4. The van der Waals surface area contributed by atoms with Gasteiger partial charge in [-0.2, -0.15) is 0 Å².